The zero-order chi connectivity index (χ0) is 14.7. The third-order valence-corrected chi connectivity index (χ3v) is 4.10. The Morgan fingerprint density at radius 1 is 1.30 bits per heavy atom. The molecule has 20 heavy (non-hydrogen) atoms. The molecule has 0 bridgehead atoms. The topological polar surface area (TPSA) is 52.9 Å². The molecule has 0 saturated heterocycles. The molecule has 0 atom stereocenters. The first-order valence-corrected chi connectivity index (χ1v) is 6.93. The van der Waals surface area contributed by atoms with E-state index >= 15 is 0 Å². The fourth-order valence-electron chi connectivity index (χ4n) is 1.55. The van der Waals surface area contributed by atoms with Crippen LogP contribution in [0.3, 0.4) is 0 Å². The van der Waals surface area contributed by atoms with Crippen molar-refractivity contribution in [2.75, 3.05) is 5.32 Å². The van der Waals surface area contributed by atoms with Crippen molar-refractivity contribution in [3.05, 3.63) is 61.9 Å². The van der Waals surface area contributed by atoms with Gasteiger partial charge in [-0.2, -0.15) is 5.26 Å². The summed E-state index contributed by atoms with van der Waals surface area (Å²) in [6.45, 7) is 0. The molecule has 0 aliphatic rings. The summed E-state index contributed by atoms with van der Waals surface area (Å²) < 4.78 is 13.8. The molecule has 1 N–H and O–H groups in total. The lowest BCUT2D eigenvalue weighted by molar-refractivity contribution is 0.102. The lowest BCUT2D eigenvalue weighted by Crippen LogP contribution is -2.13. The van der Waals surface area contributed by atoms with Crippen molar-refractivity contribution in [3.8, 4) is 6.07 Å². The standard InChI is InChI=1S/C14H7ClFIN2O/c15-11-6-8(1-3-12(11)17)14(20)19-13-4-2-10(16)5-9(13)7-18/h1-6H,(H,19,20). The fourth-order valence-corrected chi connectivity index (χ4v) is 2.07. The molecule has 0 unspecified atom stereocenters. The number of nitrogens with zero attached hydrogens (tertiary/aromatic N) is 1. The second-order valence-corrected chi connectivity index (χ2v) is 5.45. The highest BCUT2D eigenvalue weighted by Crippen LogP contribution is 2.21. The average molecular weight is 401 g/mol. The molecule has 2 aromatic rings. The smallest absolute Gasteiger partial charge is 0.255 e. The van der Waals surface area contributed by atoms with Crippen LogP contribution in [0, 0.1) is 20.7 Å². The number of hydrogen-bond donors (Lipinski definition) is 1. The number of halogens is 3. The van der Waals surface area contributed by atoms with E-state index in [1.165, 1.54) is 18.2 Å². The lowest BCUT2D eigenvalue weighted by atomic mass is 10.1. The quantitative estimate of drug-likeness (QED) is 0.768. The highest BCUT2D eigenvalue weighted by atomic mass is 127. The Morgan fingerprint density at radius 2 is 2.05 bits per heavy atom. The first kappa shape index (κ1) is 14.8. The molecule has 2 aromatic carbocycles. The molecule has 1 amide bonds. The number of anilines is 1. The van der Waals surface area contributed by atoms with Gasteiger partial charge in [0.15, 0.2) is 0 Å². The molecule has 100 valence electrons. The van der Waals surface area contributed by atoms with Gasteiger partial charge in [-0.1, -0.05) is 11.6 Å². The minimum atomic E-state index is -0.531. The maximum absolute atomic E-state index is 13.0. The van der Waals surface area contributed by atoms with Crippen LogP contribution in [0.25, 0.3) is 0 Å². The van der Waals surface area contributed by atoms with E-state index in [-0.39, 0.29) is 11.3 Å². The Labute approximate surface area is 133 Å². The van der Waals surface area contributed by atoms with Crippen molar-refractivity contribution in [2.24, 2.45) is 0 Å². The van der Waals surface area contributed by atoms with Crippen LogP contribution in [0.15, 0.2) is 36.4 Å². The van der Waals surface area contributed by atoms with E-state index in [1.807, 2.05) is 6.07 Å². The number of hydrogen-bond acceptors (Lipinski definition) is 2. The van der Waals surface area contributed by atoms with Crippen LogP contribution in [0.5, 0.6) is 0 Å². The summed E-state index contributed by atoms with van der Waals surface area (Å²) >= 11 is 8.01. The number of nitrogens with one attached hydrogen (secondary N) is 1. The van der Waals surface area contributed by atoms with Gasteiger partial charge in [-0.05, 0) is 59.0 Å². The minimum Gasteiger partial charge on any atom is -0.321 e. The van der Waals surface area contributed by atoms with E-state index in [9.17, 15) is 9.18 Å². The zero-order valence-electron chi connectivity index (χ0n) is 9.95. The largest absolute Gasteiger partial charge is 0.321 e. The zero-order valence-corrected chi connectivity index (χ0v) is 12.9. The van der Waals surface area contributed by atoms with Gasteiger partial charge in [0.1, 0.15) is 11.9 Å². The van der Waals surface area contributed by atoms with Crippen LogP contribution in [0.1, 0.15) is 15.9 Å². The maximum atomic E-state index is 13.0. The summed E-state index contributed by atoms with van der Waals surface area (Å²) in [5.41, 5.74) is 0.687. The van der Waals surface area contributed by atoms with Gasteiger partial charge in [-0.15, -0.1) is 0 Å². The predicted molar refractivity (Wildman–Crippen MR) is 83.2 cm³/mol. The molecule has 2 rings (SSSR count). The molecule has 0 saturated carbocycles. The summed E-state index contributed by atoms with van der Waals surface area (Å²) in [7, 11) is 0. The summed E-state index contributed by atoms with van der Waals surface area (Å²) in [4.78, 5) is 12.1. The Bertz CT molecular complexity index is 728. The van der Waals surface area contributed by atoms with Crippen LogP contribution >= 0.6 is 34.2 Å². The van der Waals surface area contributed by atoms with E-state index in [0.717, 1.165) is 9.64 Å². The molecule has 0 heterocycles. The molecule has 0 aromatic heterocycles. The number of rotatable bonds is 2. The molecular formula is C14H7ClFIN2O. The van der Waals surface area contributed by atoms with Crippen molar-refractivity contribution in [1.82, 2.24) is 0 Å². The van der Waals surface area contributed by atoms with E-state index in [0.29, 0.717) is 10.6 Å². The predicted octanol–water partition coefficient (Wildman–Crippen LogP) is 4.21. The van der Waals surface area contributed by atoms with Crippen molar-refractivity contribution >= 4 is 45.8 Å². The number of carbonyl (C=O) groups is 1. The van der Waals surface area contributed by atoms with E-state index in [1.54, 1.807) is 12.1 Å². The van der Waals surface area contributed by atoms with Crippen LogP contribution in [0.2, 0.25) is 5.02 Å². The van der Waals surface area contributed by atoms with Gasteiger partial charge < -0.3 is 5.32 Å². The third kappa shape index (κ3) is 3.26. The van der Waals surface area contributed by atoms with Crippen molar-refractivity contribution in [3.63, 3.8) is 0 Å². The van der Waals surface area contributed by atoms with Gasteiger partial charge in [0.2, 0.25) is 0 Å². The fraction of sp³-hybridized carbons (Fsp3) is 0. The third-order valence-electron chi connectivity index (χ3n) is 2.53. The Balaban J connectivity index is 2.28. The van der Waals surface area contributed by atoms with Crippen LogP contribution in [-0.2, 0) is 0 Å². The Hall–Kier alpha value is -1.65. The second-order valence-electron chi connectivity index (χ2n) is 3.88. The number of carbonyl (C=O) groups excluding carboxylic acids is 1. The molecule has 0 spiro atoms. The van der Waals surface area contributed by atoms with E-state index in [4.69, 9.17) is 16.9 Å². The van der Waals surface area contributed by atoms with Crippen molar-refractivity contribution < 1.29 is 9.18 Å². The maximum Gasteiger partial charge on any atom is 0.255 e. The summed E-state index contributed by atoms with van der Waals surface area (Å²) in [6.07, 6.45) is 0. The minimum absolute atomic E-state index is 0.0648. The summed E-state index contributed by atoms with van der Waals surface area (Å²) in [5.74, 6) is -0.941. The number of nitriles is 1. The van der Waals surface area contributed by atoms with Gasteiger partial charge in [0.05, 0.1) is 16.3 Å². The van der Waals surface area contributed by atoms with Gasteiger partial charge in [-0.25, -0.2) is 4.39 Å². The van der Waals surface area contributed by atoms with Crippen LogP contribution in [-0.4, -0.2) is 5.91 Å². The van der Waals surface area contributed by atoms with Crippen molar-refractivity contribution in [1.29, 1.82) is 5.26 Å². The normalized spacial score (nSPS) is 9.90. The summed E-state index contributed by atoms with van der Waals surface area (Å²) in [5, 5.41) is 11.9. The average Bonchev–Trinajstić information content (AvgIpc) is 2.43. The molecule has 0 fully saturated rings. The van der Waals surface area contributed by atoms with E-state index < -0.39 is 11.7 Å². The summed E-state index contributed by atoms with van der Waals surface area (Å²) in [6, 6.07) is 10.3. The molecule has 0 aliphatic heterocycles. The van der Waals surface area contributed by atoms with Gasteiger partial charge in [0.25, 0.3) is 5.91 Å². The molecular weight excluding hydrogens is 394 g/mol. The van der Waals surface area contributed by atoms with Crippen LogP contribution in [0.4, 0.5) is 10.1 Å². The Kier molecular flexibility index (Phi) is 4.57. The van der Waals surface area contributed by atoms with Gasteiger partial charge >= 0.3 is 0 Å². The number of benzene rings is 2. The monoisotopic (exact) mass is 400 g/mol. The molecule has 6 heteroatoms. The Morgan fingerprint density at radius 3 is 2.70 bits per heavy atom. The second kappa shape index (κ2) is 6.20. The van der Waals surface area contributed by atoms with Gasteiger partial charge in [0, 0.05) is 9.13 Å². The number of amides is 1. The van der Waals surface area contributed by atoms with Crippen molar-refractivity contribution in [2.45, 2.75) is 0 Å². The SMILES string of the molecule is N#Cc1cc(F)ccc1NC(=O)c1ccc(I)c(Cl)c1. The van der Waals surface area contributed by atoms with E-state index in [2.05, 4.69) is 27.9 Å². The molecule has 3 nitrogen and oxygen atoms in total. The molecule has 0 radical (unpaired) electrons. The molecule has 0 aliphatic carbocycles. The first-order valence-electron chi connectivity index (χ1n) is 5.47. The highest BCUT2D eigenvalue weighted by molar-refractivity contribution is 14.1. The lowest BCUT2D eigenvalue weighted by Gasteiger charge is -2.08. The highest BCUT2D eigenvalue weighted by Gasteiger charge is 2.11. The van der Waals surface area contributed by atoms with Gasteiger partial charge in [-0.3, -0.25) is 4.79 Å². The van der Waals surface area contributed by atoms with Crippen LogP contribution < -0.4 is 5.32 Å². The first-order chi connectivity index (χ1) is 9.51.